The smallest absolute Gasteiger partial charge is 0.0406 e. The summed E-state index contributed by atoms with van der Waals surface area (Å²) in [6.45, 7) is 1.86. The van der Waals surface area contributed by atoms with E-state index >= 15 is 0 Å². The van der Waals surface area contributed by atoms with Gasteiger partial charge in [-0.15, -0.1) is 0 Å². The van der Waals surface area contributed by atoms with Crippen molar-refractivity contribution in [2.24, 2.45) is 0 Å². The van der Waals surface area contributed by atoms with Gasteiger partial charge in [0.1, 0.15) is 0 Å². The van der Waals surface area contributed by atoms with Crippen molar-refractivity contribution in [1.29, 1.82) is 0 Å². The van der Waals surface area contributed by atoms with Crippen molar-refractivity contribution >= 4 is 27.5 Å². The van der Waals surface area contributed by atoms with Crippen molar-refractivity contribution in [1.82, 2.24) is 5.32 Å². The minimum absolute atomic E-state index is 0.792. The molecule has 18 heavy (non-hydrogen) atoms. The van der Waals surface area contributed by atoms with E-state index in [1.165, 1.54) is 11.1 Å². The summed E-state index contributed by atoms with van der Waals surface area (Å²) in [4.78, 5) is 0. The first-order valence-electron chi connectivity index (χ1n) is 5.93. The first kappa shape index (κ1) is 13.6. The number of nitrogens with one attached hydrogen (secondary N) is 1. The van der Waals surface area contributed by atoms with Crippen LogP contribution < -0.4 is 5.32 Å². The van der Waals surface area contributed by atoms with E-state index in [1.54, 1.807) is 0 Å². The molecule has 0 heterocycles. The normalized spacial score (nSPS) is 10.6. The van der Waals surface area contributed by atoms with Crippen LogP contribution >= 0.6 is 27.5 Å². The Kier molecular flexibility index (Phi) is 5.24. The van der Waals surface area contributed by atoms with Gasteiger partial charge < -0.3 is 5.32 Å². The van der Waals surface area contributed by atoms with Crippen LogP contribution in [0.25, 0.3) is 0 Å². The fourth-order valence-electron chi connectivity index (χ4n) is 1.76. The topological polar surface area (TPSA) is 12.0 Å². The highest BCUT2D eigenvalue weighted by atomic mass is 79.9. The van der Waals surface area contributed by atoms with Crippen LogP contribution in [-0.4, -0.2) is 6.54 Å². The number of benzene rings is 2. The van der Waals surface area contributed by atoms with Gasteiger partial charge in [0.15, 0.2) is 0 Å². The van der Waals surface area contributed by atoms with Gasteiger partial charge in [-0.2, -0.15) is 0 Å². The molecule has 2 aromatic rings. The van der Waals surface area contributed by atoms with E-state index in [0.29, 0.717) is 0 Å². The lowest BCUT2D eigenvalue weighted by Crippen LogP contribution is -2.16. The lowest BCUT2D eigenvalue weighted by atomic mass is 10.1. The van der Waals surface area contributed by atoms with E-state index in [0.717, 1.165) is 29.0 Å². The first-order chi connectivity index (χ1) is 8.74. The predicted molar refractivity (Wildman–Crippen MR) is 81.0 cm³/mol. The summed E-state index contributed by atoms with van der Waals surface area (Å²) < 4.78 is 1.12. The van der Waals surface area contributed by atoms with Gasteiger partial charge in [-0.05, 0) is 48.4 Å². The Hall–Kier alpha value is -0.830. The molecule has 0 aromatic heterocycles. The zero-order chi connectivity index (χ0) is 12.8. The van der Waals surface area contributed by atoms with E-state index in [1.807, 2.05) is 18.2 Å². The second kappa shape index (κ2) is 6.93. The van der Waals surface area contributed by atoms with Crippen molar-refractivity contribution in [2.45, 2.75) is 13.0 Å². The van der Waals surface area contributed by atoms with Gasteiger partial charge in [-0.3, -0.25) is 0 Å². The summed E-state index contributed by atoms with van der Waals surface area (Å²) in [6.07, 6.45) is 1.02. The number of hydrogen-bond acceptors (Lipinski definition) is 1. The van der Waals surface area contributed by atoms with Crippen LogP contribution in [0.3, 0.4) is 0 Å². The Morgan fingerprint density at radius 3 is 2.50 bits per heavy atom. The van der Waals surface area contributed by atoms with Crippen LogP contribution in [0.15, 0.2) is 53.0 Å². The lowest BCUT2D eigenvalue weighted by molar-refractivity contribution is 0.687. The van der Waals surface area contributed by atoms with Crippen molar-refractivity contribution in [3.05, 3.63) is 69.2 Å². The molecule has 0 unspecified atom stereocenters. The highest BCUT2D eigenvalue weighted by Gasteiger charge is 1.95. The highest BCUT2D eigenvalue weighted by Crippen LogP contribution is 2.12. The fourth-order valence-corrected chi connectivity index (χ4v) is 2.34. The molecule has 94 valence electrons. The van der Waals surface area contributed by atoms with Crippen molar-refractivity contribution < 1.29 is 0 Å². The maximum absolute atomic E-state index is 5.85. The second-order valence-corrected chi connectivity index (χ2v) is 5.54. The van der Waals surface area contributed by atoms with Crippen LogP contribution in [0, 0.1) is 0 Å². The number of hydrogen-bond donors (Lipinski definition) is 1. The Bertz CT molecular complexity index is 496. The summed E-state index contributed by atoms with van der Waals surface area (Å²) in [5.41, 5.74) is 2.60. The van der Waals surface area contributed by atoms with Crippen LogP contribution in [0.5, 0.6) is 0 Å². The average Bonchev–Trinajstić information content (AvgIpc) is 2.37. The molecule has 0 aliphatic rings. The molecule has 1 N–H and O–H groups in total. The monoisotopic (exact) mass is 323 g/mol. The molecule has 0 aliphatic heterocycles. The molecular weight excluding hydrogens is 310 g/mol. The number of rotatable bonds is 5. The molecule has 0 saturated carbocycles. The maximum atomic E-state index is 5.85. The zero-order valence-corrected chi connectivity index (χ0v) is 12.3. The summed E-state index contributed by atoms with van der Waals surface area (Å²) >= 11 is 9.32. The summed E-state index contributed by atoms with van der Waals surface area (Å²) in [5.74, 6) is 0. The van der Waals surface area contributed by atoms with Gasteiger partial charge >= 0.3 is 0 Å². The maximum Gasteiger partial charge on any atom is 0.0406 e. The second-order valence-electron chi connectivity index (χ2n) is 4.18. The third kappa shape index (κ3) is 4.45. The van der Waals surface area contributed by atoms with Crippen LogP contribution in [0.1, 0.15) is 11.1 Å². The molecule has 0 radical (unpaired) electrons. The van der Waals surface area contributed by atoms with Gasteiger partial charge in [0.25, 0.3) is 0 Å². The summed E-state index contributed by atoms with van der Waals surface area (Å²) in [5, 5.41) is 4.23. The molecule has 0 amide bonds. The third-order valence-electron chi connectivity index (χ3n) is 2.72. The van der Waals surface area contributed by atoms with Crippen molar-refractivity contribution in [2.75, 3.05) is 6.54 Å². The molecule has 3 heteroatoms. The van der Waals surface area contributed by atoms with Gasteiger partial charge in [-0.1, -0.05) is 51.8 Å². The van der Waals surface area contributed by atoms with Crippen molar-refractivity contribution in [3.8, 4) is 0 Å². The summed E-state index contributed by atoms with van der Waals surface area (Å²) in [7, 11) is 0. The van der Waals surface area contributed by atoms with Gasteiger partial charge in [-0.25, -0.2) is 0 Å². The van der Waals surface area contributed by atoms with Crippen LogP contribution in [0.2, 0.25) is 5.02 Å². The van der Waals surface area contributed by atoms with E-state index in [2.05, 4.69) is 51.6 Å². The fraction of sp³-hybridized carbons (Fsp3) is 0.200. The largest absolute Gasteiger partial charge is 0.312 e. The quantitative estimate of drug-likeness (QED) is 0.802. The lowest BCUT2D eigenvalue weighted by Gasteiger charge is -2.05. The Morgan fingerprint density at radius 1 is 1.00 bits per heavy atom. The molecule has 0 bridgehead atoms. The molecule has 0 aliphatic carbocycles. The van der Waals surface area contributed by atoms with E-state index < -0.39 is 0 Å². The van der Waals surface area contributed by atoms with Gasteiger partial charge in [0.05, 0.1) is 0 Å². The van der Waals surface area contributed by atoms with E-state index in [9.17, 15) is 0 Å². The minimum atomic E-state index is 0.792. The van der Waals surface area contributed by atoms with Gasteiger partial charge in [0.2, 0.25) is 0 Å². The molecule has 2 rings (SSSR count). The van der Waals surface area contributed by atoms with Crippen LogP contribution in [0.4, 0.5) is 0 Å². The molecule has 0 saturated heterocycles. The molecular formula is C15H15BrClN. The van der Waals surface area contributed by atoms with E-state index in [4.69, 9.17) is 11.6 Å². The first-order valence-corrected chi connectivity index (χ1v) is 7.11. The standard InChI is InChI=1S/C15H15BrClN/c16-14-3-1-2-13(10-14)11-18-9-8-12-4-6-15(17)7-5-12/h1-7,10,18H,8-9,11H2. The Labute approximate surface area is 121 Å². The molecule has 2 aromatic carbocycles. The van der Waals surface area contributed by atoms with E-state index in [-0.39, 0.29) is 0 Å². The molecule has 0 spiro atoms. The third-order valence-corrected chi connectivity index (χ3v) is 3.47. The Balaban J connectivity index is 1.74. The Morgan fingerprint density at radius 2 is 1.78 bits per heavy atom. The SMILES string of the molecule is Clc1ccc(CCNCc2cccc(Br)c2)cc1. The van der Waals surface area contributed by atoms with Crippen LogP contribution in [-0.2, 0) is 13.0 Å². The van der Waals surface area contributed by atoms with Crippen molar-refractivity contribution in [3.63, 3.8) is 0 Å². The zero-order valence-electron chi connectivity index (χ0n) is 10.00. The average molecular weight is 325 g/mol. The molecule has 0 atom stereocenters. The highest BCUT2D eigenvalue weighted by molar-refractivity contribution is 9.10. The summed E-state index contributed by atoms with van der Waals surface area (Å²) in [6, 6.07) is 16.4. The van der Waals surface area contributed by atoms with Gasteiger partial charge in [0, 0.05) is 16.0 Å². The molecule has 1 nitrogen and oxygen atoms in total. The minimum Gasteiger partial charge on any atom is -0.312 e. The number of halogens is 2. The predicted octanol–water partition coefficient (Wildman–Crippen LogP) is 4.43. The molecule has 0 fully saturated rings.